The summed E-state index contributed by atoms with van der Waals surface area (Å²) in [4.78, 5) is 17.6. The zero-order valence-corrected chi connectivity index (χ0v) is 10.3. The molecule has 88 valence electrons. The largest absolute Gasteiger partial charge is 0.339 e. The molecule has 0 bridgehead atoms. The summed E-state index contributed by atoms with van der Waals surface area (Å²) in [5.74, 6) is 0.949. The lowest BCUT2D eigenvalue weighted by molar-refractivity contribution is -0.129. The Morgan fingerprint density at radius 3 is 3.12 bits per heavy atom. The molecule has 4 nitrogen and oxygen atoms in total. The van der Waals surface area contributed by atoms with Gasteiger partial charge in [0.15, 0.2) is 0 Å². The number of nitrogens with one attached hydrogen (secondary N) is 1. The normalized spacial score (nSPS) is 15.1. The lowest BCUT2D eigenvalue weighted by atomic mass is 10.4. The number of nitrogens with zero attached hydrogens (tertiary/aromatic N) is 2. The molecule has 0 aliphatic heterocycles. The van der Waals surface area contributed by atoms with Crippen molar-refractivity contribution >= 4 is 17.2 Å². The van der Waals surface area contributed by atoms with Crippen molar-refractivity contribution in [2.45, 2.75) is 19.4 Å². The molecule has 5 heteroatoms. The molecule has 1 aromatic rings. The molecule has 1 heterocycles. The zero-order valence-electron chi connectivity index (χ0n) is 9.48. The number of carbonyl (C=O) groups excluding carboxylic acids is 1. The first kappa shape index (κ1) is 11.5. The van der Waals surface area contributed by atoms with Gasteiger partial charge in [0.25, 0.3) is 0 Å². The Morgan fingerprint density at radius 1 is 1.69 bits per heavy atom. The molecule has 1 aliphatic rings. The van der Waals surface area contributed by atoms with Crippen LogP contribution in [-0.4, -0.2) is 35.9 Å². The van der Waals surface area contributed by atoms with Crippen molar-refractivity contribution in [3.05, 3.63) is 16.6 Å². The smallest absolute Gasteiger partial charge is 0.236 e. The number of aromatic nitrogens is 1. The van der Waals surface area contributed by atoms with Crippen LogP contribution in [0.3, 0.4) is 0 Å². The molecule has 1 N–H and O–H groups in total. The van der Waals surface area contributed by atoms with E-state index in [-0.39, 0.29) is 5.91 Å². The van der Waals surface area contributed by atoms with Gasteiger partial charge in [-0.15, -0.1) is 11.3 Å². The SMILES string of the molecule is CN(Cc1cscn1)C(=O)CNCC1CC1. The second-order valence-corrected chi connectivity index (χ2v) is 5.02. The van der Waals surface area contributed by atoms with E-state index in [9.17, 15) is 4.79 Å². The third-order valence-corrected chi connectivity index (χ3v) is 3.35. The van der Waals surface area contributed by atoms with E-state index in [1.165, 1.54) is 12.8 Å². The van der Waals surface area contributed by atoms with Crippen LogP contribution in [0.4, 0.5) is 0 Å². The Labute approximate surface area is 99.7 Å². The van der Waals surface area contributed by atoms with Gasteiger partial charge in [-0.1, -0.05) is 0 Å². The summed E-state index contributed by atoms with van der Waals surface area (Å²) in [6.07, 6.45) is 2.63. The second kappa shape index (κ2) is 5.41. The van der Waals surface area contributed by atoms with E-state index in [0.29, 0.717) is 13.1 Å². The van der Waals surface area contributed by atoms with E-state index in [2.05, 4.69) is 10.3 Å². The van der Waals surface area contributed by atoms with Crippen LogP contribution in [0.15, 0.2) is 10.9 Å². The lowest BCUT2D eigenvalue weighted by Crippen LogP contribution is -2.35. The topological polar surface area (TPSA) is 45.2 Å². The number of hydrogen-bond donors (Lipinski definition) is 1. The number of hydrogen-bond acceptors (Lipinski definition) is 4. The summed E-state index contributed by atoms with van der Waals surface area (Å²) >= 11 is 1.56. The molecule has 0 unspecified atom stereocenters. The predicted molar refractivity (Wildman–Crippen MR) is 64.2 cm³/mol. The highest BCUT2D eigenvalue weighted by atomic mass is 32.1. The Morgan fingerprint density at radius 2 is 2.50 bits per heavy atom. The number of likely N-dealkylation sites (N-methyl/N-ethyl adjacent to an activating group) is 1. The molecule has 1 fully saturated rings. The minimum atomic E-state index is 0.133. The average molecular weight is 239 g/mol. The van der Waals surface area contributed by atoms with Crippen LogP contribution in [0.2, 0.25) is 0 Å². The average Bonchev–Trinajstić information content (AvgIpc) is 2.95. The molecule has 0 radical (unpaired) electrons. The van der Waals surface area contributed by atoms with Gasteiger partial charge in [-0.2, -0.15) is 0 Å². The lowest BCUT2D eigenvalue weighted by Gasteiger charge is -2.16. The van der Waals surface area contributed by atoms with E-state index in [0.717, 1.165) is 18.2 Å². The van der Waals surface area contributed by atoms with Gasteiger partial charge < -0.3 is 10.2 Å². The molecule has 16 heavy (non-hydrogen) atoms. The fourth-order valence-corrected chi connectivity index (χ4v) is 2.04. The molecule has 1 saturated carbocycles. The zero-order chi connectivity index (χ0) is 11.4. The van der Waals surface area contributed by atoms with Crippen molar-refractivity contribution in [2.75, 3.05) is 20.1 Å². The van der Waals surface area contributed by atoms with Gasteiger partial charge in [0, 0.05) is 12.4 Å². The second-order valence-electron chi connectivity index (χ2n) is 4.30. The van der Waals surface area contributed by atoms with Gasteiger partial charge >= 0.3 is 0 Å². The van der Waals surface area contributed by atoms with Crippen LogP contribution >= 0.6 is 11.3 Å². The van der Waals surface area contributed by atoms with Crippen LogP contribution in [0, 0.1) is 5.92 Å². The minimum absolute atomic E-state index is 0.133. The van der Waals surface area contributed by atoms with Crippen LogP contribution in [0.5, 0.6) is 0 Å². The van der Waals surface area contributed by atoms with Crippen molar-refractivity contribution in [3.63, 3.8) is 0 Å². The highest BCUT2D eigenvalue weighted by Gasteiger charge is 2.21. The standard InChI is InChI=1S/C11H17N3OS/c1-14(6-10-7-16-8-13-10)11(15)5-12-4-9-2-3-9/h7-9,12H,2-6H2,1H3. The Bertz CT molecular complexity index is 335. The first-order valence-corrected chi connectivity index (χ1v) is 6.51. The molecule has 0 saturated heterocycles. The monoisotopic (exact) mass is 239 g/mol. The van der Waals surface area contributed by atoms with Gasteiger partial charge in [-0.3, -0.25) is 4.79 Å². The summed E-state index contributed by atoms with van der Waals surface area (Å²) in [6, 6.07) is 0. The van der Waals surface area contributed by atoms with Crippen LogP contribution in [-0.2, 0) is 11.3 Å². The molecule has 0 atom stereocenters. The van der Waals surface area contributed by atoms with Gasteiger partial charge in [0.2, 0.25) is 5.91 Å². The first-order valence-electron chi connectivity index (χ1n) is 5.57. The highest BCUT2D eigenvalue weighted by molar-refractivity contribution is 7.07. The number of amides is 1. The van der Waals surface area contributed by atoms with Gasteiger partial charge in [0.05, 0.1) is 24.3 Å². The fraction of sp³-hybridized carbons (Fsp3) is 0.636. The maximum Gasteiger partial charge on any atom is 0.236 e. The molecule has 1 amide bonds. The highest BCUT2D eigenvalue weighted by Crippen LogP contribution is 2.27. The number of rotatable bonds is 6. The van der Waals surface area contributed by atoms with Crippen molar-refractivity contribution in [1.82, 2.24) is 15.2 Å². The molecule has 1 aliphatic carbocycles. The van der Waals surface area contributed by atoms with Gasteiger partial charge in [-0.05, 0) is 25.3 Å². The van der Waals surface area contributed by atoms with E-state index in [1.54, 1.807) is 21.7 Å². The Hall–Kier alpha value is -0.940. The van der Waals surface area contributed by atoms with Crippen molar-refractivity contribution in [3.8, 4) is 0 Å². The summed E-state index contributed by atoms with van der Waals surface area (Å²) in [5, 5.41) is 5.17. The van der Waals surface area contributed by atoms with E-state index in [4.69, 9.17) is 0 Å². The van der Waals surface area contributed by atoms with Crippen LogP contribution < -0.4 is 5.32 Å². The number of thiazole rings is 1. The van der Waals surface area contributed by atoms with Crippen LogP contribution in [0.1, 0.15) is 18.5 Å². The maximum atomic E-state index is 11.7. The first-order chi connectivity index (χ1) is 7.75. The molecule has 0 aromatic carbocycles. The summed E-state index contributed by atoms with van der Waals surface area (Å²) in [6.45, 7) is 2.03. The van der Waals surface area contributed by atoms with Gasteiger partial charge in [0.1, 0.15) is 0 Å². The molecule has 2 rings (SSSR count). The van der Waals surface area contributed by atoms with E-state index < -0.39 is 0 Å². The molecular formula is C11H17N3OS. The van der Waals surface area contributed by atoms with E-state index in [1.807, 2.05) is 12.4 Å². The molecule has 0 spiro atoms. The van der Waals surface area contributed by atoms with E-state index >= 15 is 0 Å². The minimum Gasteiger partial charge on any atom is -0.339 e. The quantitative estimate of drug-likeness (QED) is 0.808. The fourth-order valence-electron chi connectivity index (χ4n) is 1.49. The summed E-state index contributed by atoms with van der Waals surface area (Å²) in [5.41, 5.74) is 2.75. The Balaban J connectivity index is 1.66. The third kappa shape index (κ3) is 3.57. The third-order valence-electron chi connectivity index (χ3n) is 2.71. The van der Waals surface area contributed by atoms with Crippen molar-refractivity contribution in [2.24, 2.45) is 5.92 Å². The summed E-state index contributed by atoms with van der Waals surface area (Å²) < 4.78 is 0. The number of carbonyl (C=O) groups is 1. The maximum absolute atomic E-state index is 11.7. The van der Waals surface area contributed by atoms with Crippen LogP contribution in [0.25, 0.3) is 0 Å². The predicted octanol–water partition coefficient (Wildman–Crippen LogP) is 1.10. The summed E-state index contributed by atoms with van der Waals surface area (Å²) in [7, 11) is 1.82. The molecular weight excluding hydrogens is 222 g/mol. The Kier molecular flexibility index (Phi) is 3.90. The van der Waals surface area contributed by atoms with Gasteiger partial charge in [-0.25, -0.2) is 4.98 Å². The molecule has 1 aromatic heterocycles. The van der Waals surface area contributed by atoms with Crippen molar-refractivity contribution < 1.29 is 4.79 Å². The van der Waals surface area contributed by atoms with Crippen molar-refractivity contribution in [1.29, 1.82) is 0 Å².